The highest BCUT2D eigenvalue weighted by atomic mass is 19.1. The van der Waals surface area contributed by atoms with Crippen molar-refractivity contribution in [3.05, 3.63) is 35.1 Å². The highest BCUT2D eigenvalue weighted by Gasteiger charge is 2.19. The number of aryl methyl sites for hydroxylation is 1. The predicted molar refractivity (Wildman–Crippen MR) is 81.0 cm³/mol. The summed E-state index contributed by atoms with van der Waals surface area (Å²) >= 11 is 0. The molecule has 1 aromatic rings. The second-order valence-electron chi connectivity index (χ2n) is 5.48. The molecule has 2 unspecified atom stereocenters. The van der Waals surface area contributed by atoms with Gasteiger partial charge in [-0.05, 0) is 56.0 Å². The van der Waals surface area contributed by atoms with Gasteiger partial charge >= 0.3 is 0 Å². The average molecular weight is 265 g/mol. The molecule has 1 aromatic carbocycles. The molecule has 1 rings (SSSR count). The van der Waals surface area contributed by atoms with Gasteiger partial charge < -0.3 is 5.32 Å². The van der Waals surface area contributed by atoms with Gasteiger partial charge in [0.15, 0.2) is 0 Å². The maximum absolute atomic E-state index is 13.1. The third-order valence-corrected chi connectivity index (χ3v) is 4.14. The lowest BCUT2D eigenvalue weighted by molar-refractivity contribution is 0.330. The van der Waals surface area contributed by atoms with E-state index in [0.717, 1.165) is 12.0 Å². The molecule has 0 aliphatic rings. The van der Waals surface area contributed by atoms with Crippen LogP contribution in [0.5, 0.6) is 0 Å². The summed E-state index contributed by atoms with van der Waals surface area (Å²) in [6.45, 7) is 6.51. The number of likely N-dealkylation sites (N-methyl/N-ethyl adjacent to an activating group) is 1. The van der Waals surface area contributed by atoms with Crippen molar-refractivity contribution in [2.24, 2.45) is 5.92 Å². The molecule has 0 amide bonds. The molecular weight excluding hydrogens is 237 g/mol. The molecule has 0 spiro atoms. The van der Waals surface area contributed by atoms with E-state index in [9.17, 15) is 4.39 Å². The Morgan fingerprint density at radius 2 is 2.00 bits per heavy atom. The highest BCUT2D eigenvalue weighted by Crippen LogP contribution is 2.21. The molecule has 1 nitrogen and oxygen atoms in total. The Morgan fingerprint density at radius 1 is 1.26 bits per heavy atom. The largest absolute Gasteiger partial charge is 0.316 e. The molecular formula is C17H28FN. The van der Waals surface area contributed by atoms with Crippen LogP contribution in [0.4, 0.5) is 4.39 Å². The molecule has 0 aliphatic carbocycles. The minimum Gasteiger partial charge on any atom is -0.316 e. The van der Waals surface area contributed by atoms with E-state index >= 15 is 0 Å². The quantitative estimate of drug-likeness (QED) is 0.730. The van der Waals surface area contributed by atoms with E-state index in [2.05, 4.69) is 19.2 Å². The summed E-state index contributed by atoms with van der Waals surface area (Å²) in [5.74, 6) is 0.565. The second-order valence-corrected chi connectivity index (χ2v) is 5.48. The number of rotatable bonds is 8. The van der Waals surface area contributed by atoms with E-state index in [0.29, 0.717) is 12.0 Å². The van der Waals surface area contributed by atoms with Crippen LogP contribution in [0, 0.1) is 18.7 Å². The zero-order valence-electron chi connectivity index (χ0n) is 12.8. The molecule has 0 aliphatic heterocycles. The Labute approximate surface area is 117 Å². The van der Waals surface area contributed by atoms with Gasteiger partial charge in [0.2, 0.25) is 0 Å². The van der Waals surface area contributed by atoms with Gasteiger partial charge in [-0.15, -0.1) is 0 Å². The van der Waals surface area contributed by atoms with Crippen molar-refractivity contribution in [1.82, 2.24) is 5.32 Å². The van der Waals surface area contributed by atoms with E-state index in [1.54, 1.807) is 12.1 Å². The van der Waals surface area contributed by atoms with Crippen molar-refractivity contribution >= 4 is 0 Å². The van der Waals surface area contributed by atoms with Gasteiger partial charge in [0.25, 0.3) is 0 Å². The molecule has 19 heavy (non-hydrogen) atoms. The SMILES string of the molecule is CCCCC(CC)C(Cc1ccc(F)cc1C)NC. The molecule has 0 fully saturated rings. The van der Waals surface area contributed by atoms with Crippen molar-refractivity contribution in [2.45, 2.75) is 58.9 Å². The minimum absolute atomic E-state index is 0.139. The summed E-state index contributed by atoms with van der Waals surface area (Å²) in [7, 11) is 2.04. The summed E-state index contributed by atoms with van der Waals surface area (Å²) in [4.78, 5) is 0. The van der Waals surface area contributed by atoms with Crippen LogP contribution < -0.4 is 5.32 Å². The monoisotopic (exact) mass is 265 g/mol. The topological polar surface area (TPSA) is 12.0 Å². The Bertz CT molecular complexity index is 376. The molecule has 0 heterocycles. The predicted octanol–water partition coefficient (Wildman–Crippen LogP) is 4.48. The molecule has 0 aromatic heterocycles. The number of unbranched alkanes of at least 4 members (excludes halogenated alkanes) is 1. The van der Waals surface area contributed by atoms with Gasteiger partial charge in [-0.25, -0.2) is 4.39 Å². The van der Waals surface area contributed by atoms with Crippen molar-refractivity contribution in [3.8, 4) is 0 Å². The summed E-state index contributed by atoms with van der Waals surface area (Å²) in [5, 5.41) is 3.46. The molecule has 1 N–H and O–H groups in total. The smallest absolute Gasteiger partial charge is 0.123 e. The lowest BCUT2D eigenvalue weighted by Gasteiger charge is -2.26. The van der Waals surface area contributed by atoms with Crippen molar-refractivity contribution in [1.29, 1.82) is 0 Å². The van der Waals surface area contributed by atoms with Gasteiger partial charge in [-0.1, -0.05) is 39.2 Å². The Kier molecular flexibility index (Phi) is 7.07. The van der Waals surface area contributed by atoms with Crippen LogP contribution in [0.2, 0.25) is 0 Å². The highest BCUT2D eigenvalue weighted by molar-refractivity contribution is 5.27. The van der Waals surface area contributed by atoms with E-state index in [1.807, 2.05) is 20.0 Å². The van der Waals surface area contributed by atoms with Gasteiger partial charge in [-0.3, -0.25) is 0 Å². The Morgan fingerprint density at radius 3 is 2.53 bits per heavy atom. The summed E-state index contributed by atoms with van der Waals surface area (Å²) in [6.07, 6.45) is 6.01. The molecule has 0 saturated carbocycles. The fourth-order valence-corrected chi connectivity index (χ4v) is 2.79. The van der Waals surface area contributed by atoms with Crippen LogP contribution in [-0.4, -0.2) is 13.1 Å². The zero-order chi connectivity index (χ0) is 14.3. The van der Waals surface area contributed by atoms with Crippen LogP contribution in [0.3, 0.4) is 0 Å². The fraction of sp³-hybridized carbons (Fsp3) is 0.647. The van der Waals surface area contributed by atoms with Gasteiger partial charge in [0, 0.05) is 6.04 Å². The fourth-order valence-electron chi connectivity index (χ4n) is 2.79. The van der Waals surface area contributed by atoms with Crippen molar-refractivity contribution < 1.29 is 4.39 Å². The molecule has 2 heteroatoms. The molecule has 0 bridgehead atoms. The lowest BCUT2D eigenvalue weighted by atomic mass is 9.86. The Hall–Kier alpha value is -0.890. The summed E-state index contributed by atoms with van der Waals surface area (Å²) < 4.78 is 13.1. The third-order valence-electron chi connectivity index (χ3n) is 4.14. The number of nitrogens with one attached hydrogen (secondary N) is 1. The van der Waals surface area contributed by atoms with Crippen LogP contribution in [0.1, 0.15) is 50.7 Å². The maximum atomic E-state index is 13.1. The van der Waals surface area contributed by atoms with E-state index in [1.165, 1.54) is 31.2 Å². The molecule has 108 valence electrons. The standard InChI is InChI=1S/C17H28FN/c1-5-7-8-14(6-2)17(19-4)12-15-9-10-16(18)11-13(15)3/h9-11,14,17,19H,5-8,12H2,1-4H3. The first-order valence-electron chi connectivity index (χ1n) is 7.54. The number of benzene rings is 1. The maximum Gasteiger partial charge on any atom is 0.123 e. The minimum atomic E-state index is -0.139. The second kappa shape index (κ2) is 8.31. The first kappa shape index (κ1) is 16.2. The average Bonchev–Trinajstić information content (AvgIpc) is 2.40. The molecule has 0 radical (unpaired) electrons. The van der Waals surface area contributed by atoms with Gasteiger partial charge in [0.05, 0.1) is 0 Å². The molecule has 0 saturated heterocycles. The summed E-state index contributed by atoms with van der Waals surface area (Å²) in [5.41, 5.74) is 2.32. The lowest BCUT2D eigenvalue weighted by Crippen LogP contribution is -2.35. The van der Waals surface area contributed by atoms with Crippen molar-refractivity contribution in [3.63, 3.8) is 0 Å². The normalized spacial score (nSPS) is 14.4. The van der Waals surface area contributed by atoms with E-state index < -0.39 is 0 Å². The summed E-state index contributed by atoms with van der Waals surface area (Å²) in [6, 6.07) is 5.62. The van der Waals surface area contributed by atoms with Crippen molar-refractivity contribution in [2.75, 3.05) is 7.05 Å². The third kappa shape index (κ3) is 4.94. The number of hydrogen-bond donors (Lipinski definition) is 1. The van der Waals surface area contributed by atoms with Gasteiger partial charge in [0.1, 0.15) is 5.82 Å². The zero-order valence-corrected chi connectivity index (χ0v) is 12.8. The van der Waals surface area contributed by atoms with Crippen LogP contribution >= 0.6 is 0 Å². The van der Waals surface area contributed by atoms with E-state index in [4.69, 9.17) is 0 Å². The van der Waals surface area contributed by atoms with Crippen LogP contribution in [-0.2, 0) is 6.42 Å². The molecule has 2 atom stereocenters. The Balaban J connectivity index is 2.73. The first-order chi connectivity index (χ1) is 9.12. The van der Waals surface area contributed by atoms with E-state index in [-0.39, 0.29) is 5.82 Å². The first-order valence-corrected chi connectivity index (χ1v) is 7.54. The van der Waals surface area contributed by atoms with Crippen LogP contribution in [0.25, 0.3) is 0 Å². The number of halogens is 1. The van der Waals surface area contributed by atoms with Gasteiger partial charge in [-0.2, -0.15) is 0 Å². The van der Waals surface area contributed by atoms with Crippen LogP contribution in [0.15, 0.2) is 18.2 Å². The number of hydrogen-bond acceptors (Lipinski definition) is 1.